The molecule has 1 aliphatic rings. The number of hydrogen-bond acceptors (Lipinski definition) is 7. The van der Waals surface area contributed by atoms with Gasteiger partial charge < -0.3 is 9.47 Å². The SMILES string of the molecule is CC1=NC(CCc2ccc(-c3ccc(OCc4ccccc4)cc3F)cc2)(COP(=O)(OC(C)(C)C)OC(C)(C)C)CO1. The molecular formula is C34H43FNO6P. The first-order valence-electron chi connectivity index (χ1n) is 14.5. The Bertz CT molecular complexity index is 1430. The minimum atomic E-state index is -3.91. The van der Waals surface area contributed by atoms with Gasteiger partial charge in [-0.15, -0.1) is 0 Å². The van der Waals surface area contributed by atoms with Gasteiger partial charge in [0.25, 0.3) is 0 Å². The van der Waals surface area contributed by atoms with E-state index in [-0.39, 0.29) is 12.4 Å². The van der Waals surface area contributed by atoms with Crippen LogP contribution in [-0.4, -0.2) is 35.9 Å². The molecule has 1 aliphatic heterocycles. The Labute approximate surface area is 255 Å². The van der Waals surface area contributed by atoms with Crippen molar-refractivity contribution >= 4 is 13.7 Å². The maximum atomic E-state index is 15.0. The highest BCUT2D eigenvalue weighted by Gasteiger charge is 2.43. The first kappa shape index (κ1) is 32.9. The molecule has 1 heterocycles. The van der Waals surface area contributed by atoms with Gasteiger partial charge >= 0.3 is 7.82 Å². The van der Waals surface area contributed by atoms with E-state index >= 15 is 4.39 Å². The van der Waals surface area contributed by atoms with Crippen molar-refractivity contribution in [2.24, 2.45) is 4.99 Å². The standard InChI is InChI=1S/C34H43FNO6P/c1-25-36-34(23-39-25,24-40-43(37,41-32(2,3)4)42-33(5,6)7)20-19-26-13-15-28(16-14-26)30-18-17-29(21-31(30)35)38-22-27-11-9-8-10-12-27/h8-18,21H,19-20,22-24H2,1-7H3. The lowest BCUT2D eigenvalue weighted by atomic mass is 9.93. The first-order chi connectivity index (χ1) is 20.1. The van der Waals surface area contributed by atoms with Gasteiger partial charge in [0, 0.05) is 18.6 Å². The van der Waals surface area contributed by atoms with Gasteiger partial charge in [-0.2, -0.15) is 0 Å². The van der Waals surface area contributed by atoms with Gasteiger partial charge in [0.2, 0.25) is 0 Å². The highest BCUT2D eigenvalue weighted by Crippen LogP contribution is 2.56. The number of aliphatic imine (C=N–C) groups is 1. The molecule has 3 aromatic carbocycles. The summed E-state index contributed by atoms with van der Waals surface area (Å²) in [6, 6.07) is 22.5. The van der Waals surface area contributed by atoms with E-state index in [2.05, 4.69) is 0 Å². The van der Waals surface area contributed by atoms with Crippen molar-refractivity contribution in [3.8, 4) is 16.9 Å². The molecule has 0 saturated heterocycles. The molecule has 232 valence electrons. The molecule has 0 N–H and O–H groups in total. The van der Waals surface area contributed by atoms with E-state index in [1.54, 1.807) is 60.6 Å². The van der Waals surface area contributed by atoms with Crippen molar-refractivity contribution in [3.05, 3.63) is 89.7 Å². The lowest BCUT2D eigenvalue weighted by Crippen LogP contribution is -2.36. The summed E-state index contributed by atoms with van der Waals surface area (Å²) in [6.45, 7) is 13.3. The van der Waals surface area contributed by atoms with Crippen LogP contribution in [0.3, 0.4) is 0 Å². The van der Waals surface area contributed by atoms with Crippen molar-refractivity contribution in [1.82, 2.24) is 0 Å². The Morgan fingerprint density at radius 2 is 1.56 bits per heavy atom. The van der Waals surface area contributed by atoms with Gasteiger partial charge in [0.15, 0.2) is 5.90 Å². The fourth-order valence-electron chi connectivity index (χ4n) is 4.64. The normalized spacial score (nSPS) is 17.4. The number of aryl methyl sites for hydroxylation is 1. The second-order valence-electron chi connectivity index (χ2n) is 12.9. The van der Waals surface area contributed by atoms with Crippen LogP contribution in [0.5, 0.6) is 5.75 Å². The molecule has 1 unspecified atom stereocenters. The minimum absolute atomic E-state index is 0.00969. The molecule has 0 aromatic heterocycles. The van der Waals surface area contributed by atoms with Gasteiger partial charge in [-0.05, 0) is 83.2 Å². The molecule has 43 heavy (non-hydrogen) atoms. The number of nitrogens with zero attached hydrogens (tertiary/aromatic N) is 1. The second-order valence-corrected chi connectivity index (χ2v) is 14.4. The monoisotopic (exact) mass is 611 g/mol. The van der Waals surface area contributed by atoms with Gasteiger partial charge in [-0.25, -0.2) is 13.9 Å². The molecule has 0 radical (unpaired) electrons. The Morgan fingerprint density at radius 1 is 0.907 bits per heavy atom. The molecule has 3 aromatic rings. The fourth-order valence-corrected chi connectivity index (χ4v) is 6.52. The molecule has 0 bridgehead atoms. The smallest absolute Gasteiger partial charge is 0.475 e. The summed E-state index contributed by atoms with van der Waals surface area (Å²) < 4.78 is 57.6. The maximum Gasteiger partial charge on any atom is 0.475 e. The molecule has 1 atom stereocenters. The maximum absolute atomic E-state index is 15.0. The Balaban J connectivity index is 1.41. The largest absolute Gasteiger partial charge is 0.489 e. The molecule has 0 saturated carbocycles. The van der Waals surface area contributed by atoms with E-state index in [1.165, 1.54) is 6.07 Å². The van der Waals surface area contributed by atoms with Crippen molar-refractivity contribution in [2.45, 2.75) is 84.7 Å². The number of phosphoric acid groups is 1. The van der Waals surface area contributed by atoms with E-state index in [9.17, 15) is 4.57 Å². The van der Waals surface area contributed by atoms with E-state index in [1.807, 2.05) is 54.6 Å². The predicted molar refractivity (Wildman–Crippen MR) is 168 cm³/mol. The van der Waals surface area contributed by atoms with Crippen LogP contribution in [0.25, 0.3) is 11.1 Å². The van der Waals surface area contributed by atoms with Crippen molar-refractivity contribution in [1.29, 1.82) is 0 Å². The van der Waals surface area contributed by atoms with Crippen LogP contribution < -0.4 is 4.74 Å². The lowest BCUT2D eigenvalue weighted by Gasteiger charge is -2.33. The zero-order valence-corrected chi connectivity index (χ0v) is 27.1. The number of halogens is 1. The fraction of sp³-hybridized carbons (Fsp3) is 0.441. The average molecular weight is 612 g/mol. The van der Waals surface area contributed by atoms with Crippen LogP contribution in [0.1, 0.15) is 66.0 Å². The summed E-state index contributed by atoms with van der Waals surface area (Å²) >= 11 is 0. The van der Waals surface area contributed by atoms with Crippen molar-refractivity contribution < 1.29 is 32.0 Å². The summed E-state index contributed by atoms with van der Waals surface area (Å²) in [5.41, 5.74) is 1.11. The van der Waals surface area contributed by atoms with E-state index in [4.69, 9.17) is 28.0 Å². The highest BCUT2D eigenvalue weighted by atomic mass is 31.2. The topological polar surface area (TPSA) is 75.6 Å². The van der Waals surface area contributed by atoms with E-state index in [0.29, 0.717) is 43.3 Å². The van der Waals surface area contributed by atoms with Gasteiger partial charge in [0.1, 0.15) is 30.3 Å². The highest BCUT2D eigenvalue weighted by molar-refractivity contribution is 7.48. The van der Waals surface area contributed by atoms with Crippen molar-refractivity contribution in [2.75, 3.05) is 13.2 Å². The zero-order chi connectivity index (χ0) is 31.3. The molecular weight excluding hydrogens is 568 g/mol. The third-order valence-corrected chi connectivity index (χ3v) is 8.53. The quantitative estimate of drug-likeness (QED) is 0.190. The summed E-state index contributed by atoms with van der Waals surface area (Å²) in [7, 11) is -3.91. The minimum Gasteiger partial charge on any atom is -0.489 e. The van der Waals surface area contributed by atoms with Crippen LogP contribution in [-0.2, 0) is 35.9 Å². The zero-order valence-electron chi connectivity index (χ0n) is 26.2. The number of phosphoric ester groups is 1. The molecule has 7 nitrogen and oxygen atoms in total. The number of hydrogen-bond donors (Lipinski definition) is 0. The third kappa shape index (κ3) is 10.0. The number of rotatable bonds is 12. The summed E-state index contributed by atoms with van der Waals surface area (Å²) in [5, 5.41) is 0. The third-order valence-electron chi connectivity index (χ3n) is 6.54. The Hall–Kier alpha value is -3.03. The molecule has 0 fully saturated rings. The Morgan fingerprint density at radius 3 is 2.12 bits per heavy atom. The van der Waals surface area contributed by atoms with E-state index < -0.39 is 24.6 Å². The number of benzene rings is 3. The van der Waals surface area contributed by atoms with Crippen LogP contribution >= 0.6 is 7.82 Å². The molecule has 0 spiro atoms. The van der Waals surface area contributed by atoms with Gasteiger partial charge in [-0.3, -0.25) is 13.6 Å². The van der Waals surface area contributed by atoms with Crippen LogP contribution in [0, 0.1) is 5.82 Å². The van der Waals surface area contributed by atoms with Crippen LogP contribution in [0.4, 0.5) is 4.39 Å². The molecule has 4 rings (SSSR count). The van der Waals surface area contributed by atoms with Crippen molar-refractivity contribution in [3.63, 3.8) is 0 Å². The van der Waals surface area contributed by atoms with E-state index in [0.717, 1.165) is 16.7 Å². The van der Waals surface area contributed by atoms with Gasteiger partial charge in [-0.1, -0.05) is 54.6 Å². The summed E-state index contributed by atoms with van der Waals surface area (Å²) in [4.78, 5) is 4.73. The Kier molecular flexibility index (Phi) is 10.2. The predicted octanol–water partition coefficient (Wildman–Crippen LogP) is 8.95. The first-order valence-corrected chi connectivity index (χ1v) is 16.0. The molecule has 9 heteroatoms. The average Bonchev–Trinajstić information content (AvgIpc) is 3.29. The van der Waals surface area contributed by atoms with Crippen LogP contribution in [0.15, 0.2) is 77.8 Å². The molecule has 0 amide bonds. The van der Waals surface area contributed by atoms with Crippen LogP contribution in [0.2, 0.25) is 0 Å². The van der Waals surface area contributed by atoms with Gasteiger partial charge in [0.05, 0.1) is 17.8 Å². The summed E-state index contributed by atoms with van der Waals surface area (Å²) in [6.07, 6.45) is 1.24. The second kappa shape index (κ2) is 13.3. The summed E-state index contributed by atoms with van der Waals surface area (Å²) in [5.74, 6) is 0.685. The lowest BCUT2D eigenvalue weighted by molar-refractivity contribution is -0.00466. The number of ether oxygens (including phenoxy) is 2. The molecule has 0 aliphatic carbocycles.